The normalized spacial score (nSPS) is 14.3. The number of carboxylic acid groups (broad SMARTS) is 1. The zero-order chi connectivity index (χ0) is 39.2. The molecule has 0 heterocycles. The van der Waals surface area contributed by atoms with Crippen LogP contribution in [0.2, 0.25) is 0 Å². The molecule has 0 unspecified atom stereocenters. The second-order valence-corrected chi connectivity index (χ2v) is 12.2. The van der Waals surface area contributed by atoms with Crippen molar-refractivity contribution in [1.29, 1.82) is 0 Å². The molecule has 2 rings (SSSR count). The number of halogens is 5. The summed E-state index contributed by atoms with van der Waals surface area (Å²) >= 11 is 0.977. The summed E-state index contributed by atoms with van der Waals surface area (Å²) in [6.45, 7) is -1.42. The number of aliphatic carboxylic acids is 1. The molecule has 0 fully saturated rings. The van der Waals surface area contributed by atoms with E-state index in [0.717, 1.165) is 23.9 Å². The quantitative estimate of drug-likeness (QED) is 0.0250. The van der Waals surface area contributed by atoms with Gasteiger partial charge in [-0.2, -0.15) is 20.5 Å². The van der Waals surface area contributed by atoms with Gasteiger partial charge in [0, 0.05) is 12.1 Å². The number of rotatable bonds is 20. The number of alkyl halides is 3. The third kappa shape index (κ3) is 11.2. The van der Waals surface area contributed by atoms with Gasteiger partial charge in [0.1, 0.15) is 17.8 Å². The van der Waals surface area contributed by atoms with E-state index >= 15 is 13.2 Å². The lowest BCUT2D eigenvalue weighted by atomic mass is 9.96. The number of phenolic OH excluding ortho intramolecular Hbond substituents is 1. The number of amides is 4. The van der Waals surface area contributed by atoms with Crippen molar-refractivity contribution in [1.82, 2.24) is 20.9 Å². The van der Waals surface area contributed by atoms with Gasteiger partial charge in [-0.3, -0.25) is 29.1 Å². The Hall–Kier alpha value is -5.02. The summed E-state index contributed by atoms with van der Waals surface area (Å²) in [5.41, 5.74) is 15.7. The molecule has 10 N–H and O–H groups in total. The fourth-order valence-corrected chi connectivity index (χ4v) is 5.19. The maximum atomic E-state index is 16.0. The van der Waals surface area contributed by atoms with Crippen molar-refractivity contribution in [2.24, 2.45) is 22.2 Å². The molecule has 2 aromatic carbocycles. The average Bonchev–Trinajstić information content (AvgIpc) is 3.10. The Morgan fingerprint density at radius 2 is 1.58 bits per heavy atom. The molecule has 0 aliphatic carbocycles. The Kier molecular flexibility index (Phi) is 16.2. The van der Waals surface area contributed by atoms with Gasteiger partial charge in [-0.15, -0.1) is 0 Å². The second-order valence-electron chi connectivity index (χ2n) is 11.2. The summed E-state index contributed by atoms with van der Waals surface area (Å²) in [6, 6.07) is 4.70. The van der Waals surface area contributed by atoms with Crippen LogP contribution < -0.4 is 27.8 Å². The zero-order valence-electron chi connectivity index (χ0n) is 27.7. The fourth-order valence-electron chi connectivity index (χ4n) is 4.73. The molecule has 0 aliphatic heterocycles. The number of guanidine groups is 1. The minimum Gasteiger partial charge on any atom is -0.508 e. The Balaban J connectivity index is 2.42. The van der Waals surface area contributed by atoms with E-state index in [0.29, 0.717) is 17.7 Å². The Morgan fingerprint density at radius 1 is 0.962 bits per heavy atom. The van der Waals surface area contributed by atoms with E-state index in [1.165, 1.54) is 36.6 Å². The van der Waals surface area contributed by atoms with E-state index in [1.54, 1.807) is 0 Å². The molecule has 0 aromatic heterocycles. The average molecular weight is 763 g/mol. The summed E-state index contributed by atoms with van der Waals surface area (Å²) in [4.78, 5) is 68.4. The van der Waals surface area contributed by atoms with Crippen LogP contribution in [-0.2, 0) is 36.3 Å². The predicted molar refractivity (Wildman–Crippen MR) is 179 cm³/mol. The molecule has 52 heavy (non-hydrogen) atoms. The fraction of sp³-hybridized carbons (Fsp3) is 0.419. The van der Waals surface area contributed by atoms with Crippen molar-refractivity contribution < 1.29 is 56.3 Å². The van der Waals surface area contributed by atoms with Crippen molar-refractivity contribution >= 4 is 47.3 Å². The maximum absolute atomic E-state index is 16.0. The predicted octanol–water partition coefficient (Wildman–Crippen LogP) is 1.01. The highest BCUT2D eigenvalue weighted by Gasteiger charge is 2.70. The molecule has 4 atom stereocenters. The molecule has 2 aromatic rings. The third-order valence-electron chi connectivity index (χ3n) is 7.47. The minimum absolute atomic E-state index is 0.0321. The number of nitrogens with two attached hydrogens (primary N) is 3. The largest absolute Gasteiger partial charge is 0.508 e. The Morgan fingerprint density at radius 3 is 2.12 bits per heavy atom. The van der Waals surface area contributed by atoms with Crippen molar-refractivity contribution in [2.45, 2.75) is 55.5 Å². The van der Waals surface area contributed by atoms with Crippen LogP contribution in [0, 0.1) is 0 Å². The van der Waals surface area contributed by atoms with Gasteiger partial charge in [0.05, 0.1) is 17.9 Å². The van der Waals surface area contributed by atoms with Crippen LogP contribution in [0.1, 0.15) is 30.4 Å². The summed E-state index contributed by atoms with van der Waals surface area (Å²) in [5, 5.41) is 20.9. The lowest BCUT2D eigenvalue weighted by Crippen LogP contribution is -2.65. The van der Waals surface area contributed by atoms with Gasteiger partial charge in [0.25, 0.3) is 5.91 Å². The molecule has 0 saturated carbocycles. The molecule has 286 valence electrons. The van der Waals surface area contributed by atoms with Gasteiger partial charge in [-0.25, -0.2) is 9.18 Å². The van der Waals surface area contributed by atoms with Gasteiger partial charge in [0.15, 0.2) is 5.96 Å². The zero-order valence-corrected chi connectivity index (χ0v) is 28.5. The number of aliphatic imine (C=N–C) groups is 1. The number of benzene rings is 2. The van der Waals surface area contributed by atoms with Crippen LogP contribution in [0.15, 0.2) is 59.6 Å². The van der Waals surface area contributed by atoms with Crippen molar-refractivity contribution in [3.63, 3.8) is 0 Å². The van der Waals surface area contributed by atoms with Gasteiger partial charge in [-0.05, 0) is 55.4 Å². The van der Waals surface area contributed by atoms with Crippen LogP contribution in [0.4, 0.5) is 22.1 Å². The van der Waals surface area contributed by atoms with Crippen LogP contribution in [-0.4, -0.2) is 105 Å². The molecule has 21 heteroatoms. The number of carbonyl (C=O) groups excluding carboxylic acids is 4. The van der Waals surface area contributed by atoms with E-state index in [1.807, 2.05) is 5.32 Å². The smallest absolute Gasteiger partial charge is 0.365 e. The van der Waals surface area contributed by atoms with E-state index in [-0.39, 0.29) is 43.3 Å². The summed E-state index contributed by atoms with van der Waals surface area (Å²) in [5.74, 6) is -20.2. The van der Waals surface area contributed by atoms with E-state index in [4.69, 9.17) is 17.2 Å². The van der Waals surface area contributed by atoms with E-state index in [2.05, 4.69) is 10.3 Å². The molecular weight excluding hydrogens is 723 g/mol. The highest BCUT2D eigenvalue weighted by atomic mass is 32.2. The number of thioether (sulfide) groups is 1. The molecule has 15 nitrogen and oxygen atoms in total. The van der Waals surface area contributed by atoms with Crippen molar-refractivity contribution in [3.05, 3.63) is 65.7 Å². The Bertz CT molecular complexity index is 1570. The number of carboxylic acids is 1. The first kappa shape index (κ1) is 43.1. The minimum atomic E-state index is -5.60. The lowest BCUT2D eigenvalue weighted by Gasteiger charge is -2.37. The molecule has 0 saturated heterocycles. The third-order valence-corrected chi connectivity index (χ3v) is 8.11. The first-order valence-electron chi connectivity index (χ1n) is 15.4. The summed E-state index contributed by atoms with van der Waals surface area (Å²) in [7, 11) is 0. The molecule has 0 radical (unpaired) electrons. The number of imide groups is 1. The topological polar surface area (TPSA) is 247 Å². The lowest BCUT2D eigenvalue weighted by molar-refractivity contribution is -0.337. The molecule has 4 amide bonds. The summed E-state index contributed by atoms with van der Waals surface area (Å²) in [6.07, 6.45) is 0.599. The van der Waals surface area contributed by atoms with Gasteiger partial charge >= 0.3 is 17.7 Å². The number of nitrogens with one attached hydrogen (secondary N) is 2. The summed E-state index contributed by atoms with van der Waals surface area (Å²) < 4.78 is 75.1. The number of aromatic hydroxyl groups is 1. The highest BCUT2D eigenvalue weighted by molar-refractivity contribution is 7.98. The van der Waals surface area contributed by atoms with Crippen LogP contribution in [0.5, 0.6) is 5.75 Å². The number of hydrogen-bond acceptors (Lipinski definition) is 10. The first-order valence-corrected chi connectivity index (χ1v) is 16.8. The molecule has 0 aliphatic rings. The van der Waals surface area contributed by atoms with Crippen molar-refractivity contribution in [3.8, 4) is 5.75 Å². The van der Waals surface area contributed by atoms with Gasteiger partial charge < -0.3 is 38.0 Å². The number of phenols is 1. The molecular formula is C31H39F5N8O7S. The monoisotopic (exact) mass is 762 g/mol. The highest BCUT2D eigenvalue weighted by Crippen LogP contribution is 2.46. The van der Waals surface area contributed by atoms with E-state index in [9.17, 15) is 43.1 Å². The second kappa shape index (κ2) is 19.6. The number of hydrogen-bond donors (Lipinski definition) is 7. The first-order chi connectivity index (χ1) is 24.4. The van der Waals surface area contributed by atoms with Crippen LogP contribution in [0.25, 0.3) is 0 Å². The van der Waals surface area contributed by atoms with Gasteiger partial charge in [-0.1, -0.05) is 51.4 Å². The standard InChI is InChI=1S/C31H39F5N8O7S/c1-52-15-13-23(27(49)50)43(28(51)31(34,44(35)36)30(32,33)19-6-3-2-4-7-19)24(46)17-41-26(48)22(8-5-14-40-29(38)39)42-25(47)21(37)16-18-9-11-20(45)12-10-18/h2-4,6-7,9-12,21-23,45H,5,8,13-17,37H2,1H3,(H,41,48)(H,42,47)(H,49,50)(H4,38,39,40)/t21-,22+,23-,31+/m0/s1. The number of nitrogens with zero attached hydrogens (tertiary/aromatic N) is 3. The Labute approximate surface area is 298 Å². The number of carbonyl (C=O) groups is 5. The maximum Gasteiger partial charge on any atom is 0.365 e. The van der Waals surface area contributed by atoms with Gasteiger partial charge in [0.2, 0.25) is 17.7 Å². The SMILES string of the molecule is CSCC[C@@H](C(=O)O)N(C(=O)CNC(=O)[C@@H](CCCN=C(N)N)NC(=O)[C@@H](N)Cc1ccc(O)cc1)C(=O)[C@@](F)(N(F)F)C(F)(F)c1ccccc1. The van der Waals surface area contributed by atoms with E-state index < -0.39 is 88.2 Å². The van der Waals surface area contributed by atoms with Crippen LogP contribution in [0.3, 0.4) is 0 Å². The molecule has 0 bridgehead atoms. The van der Waals surface area contributed by atoms with Crippen molar-refractivity contribution in [2.75, 3.05) is 25.1 Å². The molecule has 0 spiro atoms. The van der Waals surface area contributed by atoms with Crippen LogP contribution >= 0.6 is 11.8 Å².